The molecule has 0 aliphatic rings. The average Bonchev–Trinajstić information content (AvgIpc) is 1.60. The van der Waals surface area contributed by atoms with Gasteiger partial charge >= 0.3 is 0 Å². The third-order valence-corrected chi connectivity index (χ3v) is 1.28. The Kier molecular flexibility index (Phi) is 3.22. The third-order valence-electron chi connectivity index (χ3n) is 1.28. The zero-order valence-electron chi connectivity index (χ0n) is 6.56. The maximum Gasteiger partial charge on any atom is 0.270 e. The first kappa shape index (κ1) is 9.82. The number of aliphatic hydroxyl groups excluding tert-OH is 1. The van der Waals surface area contributed by atoms with Crippen molar-refractivity contribution in [3.8, 4) is 0 Å². The van der Waals surface area contributed by atoms with E-state index in [0.717, 1.165) is 6.92 Å². The maximum absolute atomic E-state index is 12.2. The van der Waals surface area contributed by atoms with Crippen LogP contribution in [0.3, 0.4) is 0 Å². The minimum atomic E-state index is -2.95. The fraction of sp³-hybridized carbons (Fsp3) is 1.00. The fourth-order valence-corrected chi connectivity index (χ4v) is 0.653. The molecular formula is C7H14F2O. The second kappa shape index (κ2) is 3.28. The van der Waals surface area contributed by atoms with Gasteiger partial charge in [0.05, 0.1) is 0 Å². The van der Waals surface area contributed by atoms with Gasteiger partial charge in [-0.25, -0.2) is 8.78 Å². The molecule has 0 amide bonds. The van der Waals surface area contributed by atoms with E-state index in [1.54, 1.807) is 13.8 Å². The van der Waals surface area contributed by atoms with Gasteiger partial charge in [0.15, 0.2) is 0 Å². The van der Waals surface area contributed by atoms with Crippen LogP contribution in [0.15, 0.2) is 0 Å². The van der Waals surface area contributed by atoms with Crippen molar-refractivity contribution in [2.75, 3.05) is 0 Å². The highest BCUT2D eigenvalue weighted by Gasteiger charge is 2.32. The second-order valence-corrected chi connectivity index (χ2v) is 3.10. The van der Waals surface area contributed by atoms with Crippen molar-refractivity contribution < 1.29 is 13.9 Å². The first-order valence-electron chi connectivity index (χ1n) is 3.40. The van der Waals surface area contributed by atoms with E-state index in [4.69, 9.17) is 5.11 Å². The second-order valence-electron chi connectivity index (χ2n) is 3.10. The van der Waals surface area contributed by atoms with Gasteiger partial charge in [0.2, 0.25) is 0 Å². The number of halogens is 2. The van der Waals surface area contributed by atoms with Crippen LogP contribution in [0.4, 0.5) is 8.78 Å². The Balaban J connectivity index is 3.73. The lowest BCUT2D eigenvalue weighted by atomic mass is 10.0. The molecule has 0 aliphatic carbocycles. The summed E-state index contributed by atoms with van der Waals surface area (Å²) in [6.45, 7) is 4.34. The molecule has 0 bridgehead atoms. The van der Waals surface area contributed by atoms with Crippen LogP contribution in [0.1, 0.15) is 27.2 Å². The standard InChI is InChI=1S/C7H14F2O/c1-5(2)4-6(10)7(3,8)9/h5-6,10H,4H2,1-3H3/t6-/m1/s1. The van der Waals surface area contributed by atoms with E-state index in [9.17, 15) is 8.78 Å². The van der Waals surface area contributed by atoms with E-state index in [1.807, 2.05) is 0 Å². The van der Waals surface area contributed by atoms with Crippen molar-refractivity contribution in [1.82, 2.24) is 0 Å². The van der Waals surface area contributed by atoms with E-state index in [2.05, 4.69) is 0 Å². The largest absolute Gasteiger partial charge is 0.387 e. The monoisotopic (exact) mass is 152 g/mol. The van der Waals surface area contributed by atoms with Crippen LogP contribution in [-0.4, -0.2) is 17.1 Å². The number of rotatable bonds is 3. The Morgan fingerprint density at radius 3 is 1.90 bits per heavy atom. The first-order valence-corrected chi connectivity index (χ1v) is 3.40. The van der Waals surface area contributed by atoms with E-state index < -0.39 is 12.0 Å². The van der Waals surface area contributed by atoms with E-state index in [-0.39, 0.29) is 12.3 Å². The lowest BCUT2D eigenvalue weighted by molar-refractivity contribution is -0.1000. The van der Waals surface area contributed by atoms with Crippen LogP contribution < -0.4 is 0 Å². The van der Waals surface area contributed by atoms with Gasteiger partial charge in [-0.05, 0) is 12.3 Å². The Morgan fingerprint density at radius 1 is 1.40 bits per heavy atom. The fourth-order valence-electron chi connectivity index (χ4n) is 0.653. The number of hydrogen-bond donors (Lipinski definition) is 1. The van der Waals surface area contributed by atoms with Gasteiger partial charge in [-0.15, -0.1) is 0 Å². The van der Waals surface area contributed by atoms with Crippen LogP contribution in [0.25, 0.3) is 0 Å². The van der Waals surface area contributed by atoms with Crippen LogP contribution in [0.5, 0.6) is 0 Å². The van der Waals surface area contributed by atoms with Gasteiger partial charge in [0, 0.05) is 6.92 Å². The molecular weight excluding hydrogens is 138 g/mol. The number of alkyl halides is 2. The lowest BCUT2D eigenvalue weighted by Gasteiger charge is -2.19. The molecule has 0 rings (SSSR count). The number of aliphatic hydroxyl groups is 1. The Morgan fingerprint density at radius 2 is 1.80 bits per heavy atom. The molecule has 0 aliphatic heterocycles. The van der Waals surface area contributed by atoms with Crippen molar-refractivity contribution in [1.29, 1.82) is 0 Å². The Labute approximate surface area is 60.1 Å². The van der Waals surface area contributed by atoms with Crippen molar-refractivity contribution >= 4 is 0 Å². The predicted octanol–water partition coefficient (Wildman–Crippen LogP) is 2.05. The minimum Gasteiger partial charge on any atom is -0.387 e. The summed E-state index contributed by atoms with van der Waals surface area (Å²) in [6, 6.07) is 0. The molecule has 0 spiro atoms. The summed E-state index contributed by atoms with van der Waals surface area (Å²) in [6.07, 6.45) is -1.34. The third kappa shape index (κ3) is 3.77. The van der Waals surface area contributed by atoms with Gasteiger partial charge in [-0.3, -0.25) is 0 Å². The summed E-state index contributed by atoms with van der Waals surface area (Å²) in [5.41, 5.74) is 0. The summed E-state index contributed by atoms with van der Waals surface area (Å²) >= 11 is 0. The molecule has 0 saturated heterocycles. The Bertz CT molecular complexity index is 96.3. The normalized spacial score (nSPS) is 15.9. The van der Waals surface area contributed by atoms with Crippen LogP contribution in [0.2, 0.25) is 0 Å². The van der Waals surface area contributed by atoms with Crippen molar-refractivity contribution in [3.63, 3.8) is 0 Å². The number of hydrogen-bond acceptors (Lipinski definition) is 1. The first-order chi connectivity index (χ1) is 4.34. The van der Waals surface area contributed by atoms with Crippen molar-refractivity contribution in [2.24, 2.45) is 5.92 Å². The zero-order chi connectivity index (χ0) is 8.36. The molecule has 62 valence electrons. The van der Waals surface area contributed by atoms with E-state index in [1.165, 1.54) is 0 Å². The molecule has 0 heterocycles. The molecule has 0 aromatic heterocycles. The van der Waals surface area contributed by atoms with Gasteiger partial charge < -0.3 is 5.11 Å². The molecule has 0 fully saturated rings. The molecule has 0 unspecified atom stereocenters. The highest BCUT2D eigenvalue weighted by molar-refractivity contribution is 4.71. The maximum atomic E-state index is 12.2. The van der Waals surface area contributed by atoms with Crippen molar-refractivity contribution in [3.05, 3.63) is 0 Å². The molecule has 0 aromatic carbocycles. The van der Waals surface area contributed by atoms with E-state index in [0.29, 0.717) is 0 Å². The zero-order valence-corrected chi connectivity index (χ0v) is 6.56. The topological polar surface area (TPSA) is 20.2 Å². The van der Waals surface area contributed by atoms with E-state index >= 15 is 0 Å². The summed E-state index contributed by atoms with van der Waals surface area (Å²) < 4.78 is 24.5. The highest BCUT2D eigenvalue weighted by Crippen LogP contribution is 2.22. The van der Waals surface area contributed by atoms with Crippen LogP contribution in [-0.2, 0) is 0 Å². The smallest absolute Gasteiger partial charge is 0.270 e. The molecule has 1 N–H and O–H groups in total. The SMILES string of the molecule is CC(C)C[C@@H](O)C(C)(F)F. The highest BCUT2D eigenvalue weighted by atomic mass is 19.3. The molecule has 1 atom stereocenters. The molecule has 3 heteroatoms. The van der Waals surface area contributed by atoms with Crippen LogP contribution >= 0.6 is 0 Å². The van der Waals surface area contributed by atoms with Gasteiger partial charge in [0.1, 0.15) is 6.10 Å². The Hall–Kier alpha value is -0.180. The summed E-state index contributed by atoms with van der Waals surface area (Å²) in [7, 11) is 0. The minimum absolute atomic E-state index is 0.112. The van der Waals surface area contributed by atoms with Crippen LogP contribution in [0, 0.1) is 5.92 Å². The molecule has 1 nitrogen and oxygen atoms in total. The lowest BCUT2D eigenvalue weighted by Crippen LogP contribution is -2.30. The summed E-state index contributed by atoms with van der Waals surface area (Å²) in [5.74, 6) is -2.84. The quantitative estimate of drug-likeness (QED) is 0.656. The summed E-state index contributed by atoms with van der Waals surface area (Å²) in [5, 5.41) is 8.81. The molecule has 10 heavy (non-hydrogen) atoms. The van der Waals surface area contributed by atoms with Gasteiger partial charge in [-0.2, -0.15) is 0 Å². The van der Waals surface area contributed by atoms with Gasteiger partial charge in [-0.1, -0.05) is 13.8 Å². The van der Waals surface area contributed by atoms with Gasteiger partial charge in [0.25, 0.3) is 5.92 Å². The van der Waals surface area contributed by atoms with Crippen molar-refractivity contribution in [2.45, 2.75) is 39.2 Å². The predicted molar refractivity (Wildman–Crippen MR) is 36.1 cm³/mol. The molecule has 0 aromatic rings. The molecule has 0 radical (unpaired) electrons. The summed E-state index contributed by atoms with van der Waals surface area (Å²) in [4.78, 5) is 0. The molecule has 0 saturated carbocycles. The average molecular weight is 152 g/mol.